The summed E-state index contributed by atoms with van der Waals surface area (Å²) in [6.45, 7) is 0.954. The first kappa shape index (κ1) is 14.5. The van der Waals surface area contributed by atoms with Crippen LogP contribution in [0.15, 0.2) is 24.3 Å². The molecule has 0 bridgehead atoms. The Balaban J connectivity index is 1.67. The van der Waals surface area contributed by atoms with Crippen molar-refractivity contribution in [3.63, 3.8) is 0 Å². The highest BCUT2D eigenvalue weighted by molar-refractivity contribution is 7.89. The highest BCUT2D eigenvalue weighted by Gasteiger charge is 2.37. The van der Waals surface area contributed by atoms with E-state index in [1.807, 2.05) is 24.3 Å². The van der Waals surface area contributed by atoms with Crippen molar-refractivity contribution in [1.29, 1.82) is 0 Å². The van der Waals surface area contributed by atoms with Crippen LogP contribution in [0.5, 0.6) is 0 Å². The van der Waals surface area contributed by atoms with Gasteiger partial charge in [-0.3, -0.25) is 4.79 Å². The maximum atomic E-state index is 11.9. The number of anilines is 1. The molecule has 0 radical (unpaired) electrons. The van der Waals surface area contributed by atoms with E-state index in [0.717, 1.165) is 17.8 Å². The monoisotopic (exact) mass is 309 g/mol. The van der Waals surface area contributed by atoms with Gasteiger partial charge >= 0.3 is 0 Å². The largest absolute Gasteiger partial charge is 0.311 e. The van der Waals surface area contributed by atoms with Crippen molar-refractivity contribution in [3.05, 3.63) is 29.8 Å². The van der Waals surface area contributed by atoms with Crippen LogP contribution in [-0.2, 0) is 21.4 Å². The van der Waals surface area contributed by atoms with Crippen LogP contribution >= 0.6 is 0 Å². The van der Waals surface area contributed by atoms with Gasteiger partial charge in [-0.05, 0) is 30.5 Å². The second kappa shape index (κ2) is 5.40. The van der Waals surface area contributed by atoms with Crippen LogP contribution < -0.4 is 15.4 Å². The molecule has 1 aliphatic heterocycles. The van der Waals surface area contributed by atoms with Gasteiger partial charge in [0.2, 0.25) is 15.9 Å². The third-order valence-electron chi connectivity index (χ3n) is 3.97. The van der Waals surface area contributed by atoms with Crippen LogP contribution in [0.2, 0.25) is 0 Å². The minimum absolute atomic E-state index is 0.0379. The molecule has 1 aromatic carbocycles. The smallest absolute Gasteiger partial charge is 0.228 e. The van der Waals surface area contributed by atoms with E-state index in [-0.39, 0.29) is 18.9 Å². The Bertz CT molecular complexity index is 638. The lowest BCUT2D eigenvalue weighted by Gasteiger charge is -2.17. The van der Waals surface area contributed by atoms with Crippen molar-refractivity contribution in [2.45, 2.75) is 37.1 Å². The van der Waals surface area contributed by atoms with E-state index < -0.39 is 15.3 Å². The molecule has 3 rings (SSSR count). The standard InChI is InChI=1S/C14H19N3O3S/c15-21(19,20)13-7-14(18)17(9-13)12-5-1-10(2-6-12)8-16-11-3-4-11/h1-2,5-6,11,13,16H,3-4,7-9H2,(H2,15,19,20). The van der Waals surface area contributed by atoms with Crippen LogP contribution in [0.25, 0.3) is 0 Å². The first-order valence-electron chi connectivity index (χ1n) is 7.08. The Labute approximate surface area is 124 Å². The van der Waals surface area contributed by atoms with Gasteiger partial charge in [0.1, 0.15) is 5.25 Å². The Morgan fingerprint density at radius 3 is 2.43 bits per heavy atom. The van der Waals surface area contributed by atoms with Gasteiger partial charge in [0.15, 0.2) is 0 Å². The lowest BCUT2D eigenvalue weighted by Crippen LogP contribution is -2.32. The summed E-state index contributed by atoms with van der Waals surface area (Å²) < 4.78 is 22.7. The molecule has 1 amide bonds. The van der Waals surface area contributed by atoms with E-state index in [1.54, 1.807) is 0 Å². The average Bonchev–Trinajstić information content (AvgIpc) is 3.17. The number of nitrogens with two attached hydrogens (primary N) is 1. The Hall–Kier alpha value is -1.44. The number of carbonyl (C=O) groups is 1. The fourth-order valence-corrected chi connectivity index (χ4v) is 3.22. The minimum atomic E-state index is -3.67. The molecule has 1 aliphatic carbocycles. The highest BCUT2D eigenvalue weighted by Crippen LogP contribution is 2.25. The molecular weight excluding hydrogens is 290 g/mol. The Morgan fingerprint density at radius 1 is 1.24 bits per heavy atom. The first-order chi connectivity index (χ1) is 9.93. The predicted octanol–water partition coefficient (Wildman–Crippen LogP) is 0.332. The first-order valence-corrected chi connectivity index (χ1v) is 8.69. The highest BCUT2D eigenvalue weighted by atomic mass is 32.2. The fraction of sp³-hybridized carbons (Fsp3) is 0.500. The summed E-state index contributed by atoms with van der Waals surface area (Å²) in [7, 11) is -3.67. The number of sulfonamides is 1. The fourth-order valence-electron chi connectivity index (χ4n) is 2.49. The summed E-state index contributed by atoms with van der Waals surface area (Å²) in [4.78, 5) is 13.4. The molecule has 1 aromatic rings. The van der Waals surface area contributed by atoms with Gasteiger partial charge < -0.3 is 10.2 Å². The number of hydrogen-bond acceptors (Lipinski definition) is 4. The van der Waals surface area contributed by atoms with E-state index >= 15 is 0 Å². The van der Waals surface area contributed by atoms with E-state index in [4.69, 9.17) is 5.14 Å². The maximum Gasteiger partial charge on any atom is 0.228 e. The summed E-state index contributed by atoms with van der Waals surface area (Å²) in [5.74, 6) is -0.196. The summed E-state index contributed by atoms with van der Waals surface area (Å²) >= 11 is 0. The van der Waals surface area contributed by atoms with Crippen LogP contribution in [-0.4, -0.2) is 32.2 Å². The van der Waals surface area contributed by atoms with Crippen LogP contribution in [0, 0.1) is 0 Å². The quantitative estimate of drug-likeness (QED) is 0.820. The molecule has 1 heterocycles. The molecule has 2 fully saturated rings. The number of rotatable bonds is 5. The maximum absolute atomic E-state index is 11.9. The molecular formula is C14H19N3O3S. The van der Waals surface area contributed by atoms with Crippen LogP contribution in [0.1, 0.15) is 24.8 Å². The van der Waals surface area contributed by atoms with Crippen molar-refractivity contribution >= 4 is 21.6 Å². The second-order valence-electron chi connectivity index (χ2n) is 5.74. The molecule has 1 saturated carbocycles. The molecule has 0 aromatic heterocycles. The topological polar surface area (TPSA) is 92.5 Å². The van der Waals surface area contributed by atoms with Crippen molar-refractivity contribution in [1.82, 2.24) is 5.32 Å². The number of carbonyl (C=O) groups excluding carboxylic acids is 1. The van der Waals surface area contributed by atoms with Gasteiger partial charge in [-0.15, -0.1) is 0 Å². The third-order valence-corrected chi connectivity index (χ3v) is 5.22. The summed E-state index contributed by atoms with van der Waals surface area (Å²) in [5, 5.41) is 7.74. The van der Waals surface area contributed by atoms with Crippen LogP contribution in [0.4, 0.5) is 5.69 Å². The average molecular weight is 309 g/mol. The summed E-state index contributed by atoms with van der Waals surface area (Å²) in [6, 6.07) is 8.28. The van der Waals surface area contributed by atoms with Crippen LogP contribution in [0.3, 0.4) is 0 Å². The molecule has 114 valence electrons. The van der Waals surface area contributed by atoms with Gasteiger partial charge in [-0.2, -0.15) is 0 Å². The van der Waals surface area contributed by atoms with E-state index in [9.17, 15) is 13.2 Å². The summed E-state index contributed by atoms with van der Waals surface area (Å²) in [6.07, 6.45) is 2.45. The van der Waals surface area contributed by atoms with Gasteiger partial charge in [0, 0.05) is 31.2 Å². The van der Waals surface area contributed by atoms with Gasteiger partial charge in [-0.25, -0.2) is 13.6 Å². The molecule has 3 N–H and O–H groups in total. The number of nitrogens with one attached hydrogen (secondary N) is 1. The van der Waals surface area contributed by atoms with E-state index in [1.165, 1.54) is 17.7 Å². The molecule has 1 unspecified atom stereocenters. The van der Waals surface area contributed by atoms with Crippen molar-refractivity contribution in [2.24, 2.45) is 5.14 Å². The zero-order valence-corrected chi connectivity index (χ0v) is 12.5. The molecule has 6 nitrogen and oxygen atoms in total. The Kier molecular flexibility index (Phi) is 3.73. The van der Waals surface area contributed by atoms with Crippen molar-refractivity contribution < 1.29 is 13.2 Å². The third kappa shape index (κ3) is 3.42. The molecule has 1 atom stereocenters. The molecule has 2 aliphatic rings. The Morgan fingerprint density at radius 2 is 1.90 bits per heavy atom. The van der Waals surface area contributed by atoms with E-state index in [2.05, 4.69) is 5.32 Å². The minimum Gasteiger partial charge on any atom is -0.311 e. The lowest BCUT2D eigenvalue weighted by atomic mass is 10.2. The zero-order chi connectivity index (χ0) is 15.0. The number of hydrogen-bond donors (Lipinski definition) is 2. The number of benzene rings is 1. The SMILES string of the molecule is NS(=O)(=O)C1CC(=O)N(c2ccc(CNC3CC3)cc2)C1. The van der Waals surface area contributed by atoms with Crippen molar-refractivity contribution in [3.8, 4) is 0 Å². The second-order valence-corrected chi connectivity index (χ2v) is 7.59. The van der Waals surface area contributed by atoms with Gasteiger partial charge in [0.25, 0.3) is 0 Å². The predicted molar refractivity (Wildman–Crippen MR) is 80.2 cm³/mol. The van der Waals surface area contributed by atoms with Gasteiger partial charge in [0.05, 0.1) is 0 Å². The molecule has 7 heteroatoms. The van der Waals surface area contributed by atoms with Gasteiger partial charge in [-0.1, -0.05) is 12.1 Å². The summed E-state index contributed by atoms with van der Waals surface area (Å²) in [5.41, 5.74) is 1.88. The number of amides is 1. The number of nitrogens with zero attached hydrogens (tertiary/aromatic N) is 1. The zero-order valence-electron chi connectivity index (χ0n) is 11.7. The normalized spacial score (nSPS) is 22.8. The van der Waals surface area contributed by atoms with E-state index in [0.29, 0.717) is 6.04 Å². The van der Waals surface area contributed by atoms with Crippen molar-refractivity contribution in [2.75, 3.05) is 11.4 Å². The lowest BCUT2D eigenvalue weighted by molar-refractivity contribution is -0.117. The molecule has 1 saturated heterocycles. The molecule has 0 spiro atoms. The molecule has 21 heavy (non-hydrogen) atoms. The number of primary sulfonamides is 1.